The van der Waals surface area contributed by atoms with Gasteiger partial charge in [-0.15, -0.1) is 0 Å². The molecule has 0 aliphatic carbocycles. The number of nitrogens with one attached hydrogen (secondary N) is 1. The first kappa shape index (κ1) is 10.4. The topological polar surface area (TPSA) is 49.3 Å². The van der Waals surface area contributed by atoms with Crippen molar-refractivity contribution in [3.63, 3.8) is 0 Å². The van der Waals surface area contributed by atoms with Gasteiger partial charge in [0, 0.05) is 6.42 Å². The Hall–Kier alpha value is -0.570. The van der Waals surface area contributed by atoms with Crippen molar-refractivity contribution in [2.45, 2.75) is 26.2 Å². The van der Waals surface area contributed by atoms with Gasteiger partial charge in [-0.2, -0.15) is 0 Å². The molecule has 0 amide bonds. The summed E-state index contributed by atoms with van der Waals surface area (Å²) in [6.07, 6.45) is 2.14. The lowest BCUT2D eigenvalue weighted by atomic mass is 10.0. The molecule has 3 nitrogen and oxygen atoms in total. The van der Waals surface area contributed by atoms with E-state index in [4.69, 9.17) is 5.11 Å². The van der Waals surface area contributed by atoms with Crippen LogP contribution in [-0.2, 0) is 4.79 Å². The molecule has 11 heavy (non-hydrogen) atoms. The van der Waals surface area contributed by atoms with Crippen molar-refractivity contribution in [3.8, 4) is 0 Å². The van der Waals surface area contributed by atoms with E-state index in [1.165, 1.54) is 0 Å². The molecule has 2 N–H and O–H groups in total. The van der Waals surface area contributed by atoms with Crippen LogP contribution in [0.25, 0.3) is 0 Å². The zero-order chi connectivity index (χ0) is 8.69. The lowest BCUT2D eigenvalue weighted by Crippen LogP contribution is -2.12. The van der Waals surface area contributed by atoms with Crippen LogP contribution in [0.2, 0.25) is 0 Å². The normalized spacial score (nSPS) is 12.9. The Labute approximate surface area is 67.8 Å². The molecule has 0 aromatic rings. The van der Waals surface area contributed by atoms with Crippen LogP contribution in [0.3, 0.4) is 0 Å². The zero-order valence-corrected chi connectivity index (χ0v) is 7.26. The van der Waals surface area contributed by atoms with Gasteiger partial charge in [0.2, 0.25) is 0 Å². The molecule has 0 aromatic carbocycles. The van der Waals surface area contributed by atoms with E-state index < -0.39 is 5.97 Å². The van der Waals surface area contributed by atoms with Gasteiger partial charge in [0.1, 0.15) is 0 Å². The molecule has 1 unspecified atom stereocenters. The lowest BCUT2D eigenvalue weighted by Gasteiger charge is -2.08. The SMILES string of the molecule is CNCCC(C)CCC(=O)O. The largest absolute Gasteiger partial charge is 0.481 e. The maximum Gasteiger partial charge on any atom is 0.303 e. The van der Waals surface area contributed by atoms with Gasteiger partial charge in [-0.1, -0.05) is 6.92 Å². The van der Waals surface area contributed by atoms with Crippen molar-refractivity contribution in [1.82, 2.24) is 5.32 Å². The number of carboxylic acid groups (broad SMARTS) is 1. The maximum atomic E-state index is 10.2. The smallest absolute Gasteiger partial charge is 0.303 e. The second kappa shape index (κ2) is 6.16. The summed E-state index contributed by atoms with van der Waals surface area (Å²) in [6.45, 7) is 3.06. The highest BCUT2D eigenvalue weighted by Gasteiger charge is 2.03. The van der Waals surface area contributed by atoms with Gasteiger partial charge in [-0.05, 0) is 32.4 Å². The Morgan fingerprint density at radius 1 is 1.55 bits per heavy atom. The summed E-state index contributed by atoms with van der Waals surface area (Å²) in [6, 6.07) is 0. The van der Waals surface area contributed by atoms with E-state index in [1.807, 2.05) is 7.05 Å². The predicted octanol–water partition coefficient (Wildman–Crippen LogP) is 1.10. The number of rotatable bonds is 6. The Balaban J connectivity index is 3.22. The average molecular weight is 159 g/mol. The highest BCUT2D eigenvalue weighted by molar-refractivity contribution is 5.66. The summed E-state index contributed by atoms with van der Waals surface area (Å²) in [5.41, 5.74) is 0. The van der Waals surface area contributed by atoms with Crippen molar-refractivity contribution in [2.24, 2.45) is 5.92 Å². The van der Waals surface area contributed by atoms with Crippen LogP contribution in [-0.4, -0.2) is 24.7 Å². The predicted molar refractivity (Wildman–Crippen MR) is 44.6 cm³/mol. The molecule has 0 aromatic heterocycles. The first-order valence-corrected chi connectivity index (χ1v) is 4.03. The van der Waals surface area contributed by atoms with Crippen LogP contribution in [0.5, 0.6) is 0 Å². The molecule has 0 saturated carbocycles. The molecule has 66 valence electrons. The van der Waals surface area contributed by atoms with Crippen molar-refractivity contribution in [2.75, 3.05) is 13.6 Å². The third kappa shape index (κ3) is 7.33. The fourth-order valence-corrected chi connectivity index (χ4v) is 0.905. The number of carbonyl (C=O) groups is 1. The van der Waals surface area contributed by atoms with Crippen molar-refractivity contribution < 1.29 is 9.90 Å². The fraction of sp³-hybridized carbons (Fsp3) is 0.875. The molecular formula is C8H17NO2. The Bertz CT molecular complexity index is 115. The van der Waals surface area contributed by atoms with E-state index in [-0.39, 0.29) is 0 Å². The molecule has 0 saturated heterocycles. The molecule has 0 bridgehead atoms. The van der Waals surface area contributed by atoms with Gasteiger partial charge in [-0.3, -0.25) is 4.79 Å². The summed E-state index contributed by atoms with van der Waals surface area (Å²) >= 11 is 0. The first-order chi connectivity index (χ1) is 5.16. The molecule has 1 atom stereocenters. The van der Waals surface area contributed by atoms with E-state index >= 15 is 0 Å². The summed E-state index contributed by atoms with van der Waals surface area (Å²) in [7, 11) is 1.91. The zero-order valence-electron chi connectivity index (χ0n) is 7.26. The highest BCUT2D eigenvalue weighted by Crippen LogP contribution is 2.08. The van der Waals surface area contributed by atoms with E-state index in [2.05, 4.69) is 12.2 Å². The van der Waals surface area contributed by atoms with Crippen LogP contribution in [0.4, 0.5) is 0 Å². The number of aliphatic carboxylic acids is 1. The minimum Gasteiger partial charge on any atom is -0.481 e. The molecule has 0 rings (SSSR count). The standard InChI is InChI=1S/C8H17NO2/c1-7(5-6-9-2)3-4-8(10)11/h7,9H,3-6H2,1-2H3,(H,10,11). The second-order valence-corrected chi connectivity index (χ2v) is 2.93. The fourth-order valence-electron chi connectivity index (χ4n) is 0.905. The summed E-state index contributed by atoms with van der Waals surface area (Å²) in [5.74, 6) is -0.181. The molecule has 0 spiro atoms. The monoisotopic (exact) mass is 159 g/mol. The van der Waals surface area contributed by atoms with Crippen LogP contribution in [0, 0.1) is 5.92 Å². The van der Waals surface area contributed by atoms with Crippen LogP contribution in [0.1, 0.15) is 26.2 Å². The molecule has 3 heteroatoms. The van der Waals surface area contributed by atoms with Gasteiger partial charge in [0.25, 0.3) is 0 Å². The highest BCUT2D eigenvalue weighted by atomic mass is 16.4. The third-order valence-corrected chi connectivity index (χ3v) is 1.74. The van der Waals surface area contributed by atoms with Crippen molar-refractivity contribution in [1.29, 1.82) is 0 Å². The molecule has 0 fully saturated rings. The molecule has 0 radical (unpaired) electrons. The minimum atomic E-state index is -0.693. The minimum absolute atomic E-state index is 0.297. The Morgan fingerprint density at radius 2 is 2.18 bits per heavy atom. The maximum absolute atomic E-state index is 10.2. The second-order valence-electron chi connectivity index (χ2n) is 2.93. The van der Waals surface area contributed by atoms with Crippen LogP contribution < -0.4 is 5.32 Å². The van der Waals surface area contributed by atoms with E-state index in [0.29, 0.717) is 12.3 Å². The molecule has 0 heterocycles. The van der Waals surface area contributed by atoms with Gasteiger partial charge < -0.3 is 10.4 Å². The van der Waals surface area contributed by atoms with Gasteiger partial charge in [-0.25, -0.2) is 0 Å². The number of hydrogen-bond acceptors (Lipinski definition) is 2. The van der Waals surface area contributed by atoms with Crippen LogP contribution >= 0.6 is 0 Å². The lowest BCUT2D eigenvalue weighted by molar-refractivity contribution is -0.137. The van der Waals surface area contributed by atoms with E-state index in [1.54, 1.807) is 0 Å². The van der Waals surface area contributed by atoms with Gasteiger partial charge in [0.15, 0.2) is 0 Å². The molecular weight excluding hydrogens is 142 g/mol. The first-order valence-electron chi connectivity index (χ1n) is 4.03. The van der Waals surface area contributed by atoms with E-state index in [9.17, 15) is 4.79 Å². The molecule has 0 aliphatic rings. The summed E-state index contributed by atoms with van der Waals surface area (Å²) in [5, 5.41) is 11.4. The third-order valence-electron chi connectivity index (χ3n) is 1.74. The van der Waals surface area contributed by atoms with Gasteiger partial charge >= 0.3 is 5.97 Å². The summed E-state index contributed by atoms with van der Waals surface area (Å²) < 4.78 is 0. The number of hydrogen-bond donors (Lipinski definition) is 2. The van der Waals surface area contributed by atoms with Gasteiger partial charge in [0.05, 0.1) is 0 Å². The number of carboxylic acids is 1. The molecule has 0 aliphatic heterocycles. The summed E-state index contributed by atoms with van der Waals surface area (Å²) in [4.78, 5) is 10.2. The quantitative estimate of drug-likeness (QED) is 0.610. The van der Waals surface area contributed by atoms with Crippen LogP contribution in [0.15, 0.2) is 0 Å². The van der Waals surface area contributed by atoms with Crippen molar-refractivity contribution >= 4 is 5.97 Å². The Morgan fingerprint density at radius 3 is 2.64 bits per heavy atom. The Kier molecular flexibility index (Phi) is 5.84. The average Bonchev–Trinajstić information content (AvgIpc) is 1.97. The van der Waals surface area contributed by atoms with Crippen molar-refractivity contribution in [3.05, 3.63) is 0 Å². The van der Waals surface area contributed by atoms with E-state index in [0.717, 1.165) is 19.4 Å².